The second-order valence-electron chi connectivity index (χ2n) is 34.8. The van der Waals surface area contributed by atoms with Gasteiger partial charge in [-0.15, -0.1) is 0 Å². The third-order valence-electron chi connectivity index (χ3n) is 24.8. The molecule has 0 fully saturated rings. The molecule has 0 aliphatic carbocycles. The van der Waals surface area contributed by atoms with Crippen molar-refractivity contribution in [3.8, 4) is 0 Å². The average molecular weight is 1630 g/mol. The third kappa shape index (κ3) is 53.1. The Morgan fingerprint density at radius 2 is 0.343 bits per heavy atom. The van der Waals surface area contributed by atoms with Crippen LogP contribution in [0, 0.1) is 0 Å². The van der Waals surface area contributed by atoms with Gasteiger partial charge in [0.15, 0.2) is 0 Å². The number of nitrogens with zero attached hydrogens (tertiary/aromatic N) is 2. The van der Waals surface area contributed by atoms with Crippen molar-refractivity contribution in [2.24, 2.45) is 0 Å². The number of hydrogen-bond donors (Lipinski definition) is 0. The molecule has 0 saturated carbocycles. The molecule has 1 heterocycles. The molecule has 3 rings (SSSR count). The fourth-order valence-electron chi connectivity index (χ4n) is 17.9. The van der Waals surface area contributed by atoms with E-state index in [1.165, 1.54) is 491 Å². The van der Waals surface area contributed by atoms with Crippen molar-refractivity contribution in [2.75, 3.05) is 0 Å². The van der Waals surface area contributed by atoms with Crippen molar-refractivity contribution in [3.05, 3.63) is 85.5 Å². The Kier molecular flexibility index (Phi) is 74.5. The van der Waals surface area contributed by atoms with E-state index in [0.717, 1.165) is 49.9 Å². The van der Waals surface area contributed by atoms with Crippen LogP contribution < -0.4 is 0 Å². The van der Waals surface area contributed by atoms with E-state index in [1.54, 1.807) is 33.4 Å². The molecule has 0 aromatic heterocycles. The number of aryl methyl sites for hydroxylation is 4. The molecule has 0 N–H and O–H groups in total. The van der Waals surface area contributed by atoms with Gasteiger partial charge in [-0.05, 0) is 160 Å². The van der Waals surface area contributed by atoms with Crippen LogP contribution in [0.4, 0.5) is 0 Å². The molecule has 2 aromatic rings. The molecule has 0 bridgehead atoms. The monoisotopic (exact) mass is 1630 g/mol. The molecule has 0 radical (unpaired) electrons. The van der Waals surface area contributed by atoms with Crippen LogP contribution in [-0.4, -0.2) is 4.70 Å². The van der Waals surface area contributed by atoms with Gasteiger partial charge in [-0.2, -0.15) is 0 Å². The quantitative estimate of drug-likeness (QED) is 0.0358. The van der Waals surface area contributed by atoms with E-state index >= 15 is 0 Å². The molecular weight excluding hydrogens is 1440 g/mol. The number of unbranched alkanes of at least 4 members (excludes halogenated alkanes) is 63. The van der Waals surface area contributed by atoms with Gasteiger partial charge in [-0.1, -0.05) is 460 Å². The van der Waals surface area contributed by atoms with Gasteiger partial charge in [-0.25, -0.2) is 4.70 Å². The summed E-state index contributed by atoms with van der Waals surface area (Å²) in [4.78, 5) is 0. The molecule has 2 nitrogen and oxygen atoms in total. The van der Waals surface area contributed by atoms with E-state index in [0.29, 0.717) is 0 Å². The van der Waals surface area contributed by atoms with Gasteiger partial charge in [-0.3, -0.25) is 0 Å². The topological polar surface area (TPSA) is 25.3 Å². The van der Waals surface area contributed by atoms with Crippen LogP contribution in [0.15, 0.2) is 35.4 Å². The first-order valence-corrected chi connectivity index (χ1v) is 53.4. The number of allylic oxidation sites excluding steroid dienone is 2. The zero-order valence-corrected chi connectivity index (χ0v) is 77.2. The van der Waals surface area contributed by atoms with Crippen molar-refractivity contribution < 1.29 is 20.6 Å². The van der Waals surface area contributed by atoms with Gasteiger partial charge >= 0.3 is 35.0 Å². The summed E-state index contributed by atoms with van der Waals surface area (Å²) < 4.78 is 1.81. The van der Waals surface area contributed by atoms with Crippen molar-refractivity contribution >= 4 is 30.5 Å². The third-order valence-corrected chi connectivity index (χ3v) is 24.8. The van der Waals surface area contributed by atoms with Gasteiger partial charge in [0, 0.05) is 22.3 Å². The van der Waals surface area contributed by atoms with Crippen LogP contribution in [0.25, 0.3) is 16.9 Å². The Bertz CT molecular complexity index is 2320. The Morgan fingerprint density at radius 1 is 0.204 bits per heavy atom. The first kappa shape index (κ1) is 103. The van der Waals surface area contributed by atoms with Gasteiger partial charge in [0.05, 0.1) is 0 Å². The molecule has 0 spiro atoms. The second kappa shape index (κ2) is 78.3. The summed E-state index contributed by atoms with van der Waals surface area (Å²) in [5, 5.41) is 0. The zero-order chi connectivity index (χ0) is 77.9. The van der Waals surface area contributed by atoms with Gasteiger partial charge in [0.2, 0.25) is 11.4 Å². The summed E-state index contributed by atoms with van der Waals surface area (Å²) in [7, 11) is 9.63. The Balaban J connectivity index is 0.0000130. The van der Waals surface area contributed by atoms with E-state index in [2.05, 4.69) is 79.7 Å². The van der Waals surface area contributed by atoms with Gasteiger partial charge in [0.25, 0.3) is 0 Å². The molecule has 0 unspecified atom stereocenters. The van der Waals surface area contributed by atoms with E-state index in [1.807, 2.05) is 4.70 Å². The molecule has 0 saturated heterocycles. The Morgan fingerprint density at radius 3 is 0.519 bits per heavy atom. The maximum absolute atomic E-state index is 13.5. The van der Waals surface area contributed by atoms with Crippen molar-refractivity contribution in [1.82, 2.24) is 0 Å². The minimum absolute atomic E-state index is 0.106. The summed E-state index contributed by atoms with van der Waals surface area (Å²) in [5.41, 5.74) is 31.0. The predicted octanol–water partition coefficient (Wildman–Crippen LogP) is 38.1. The van der Waals surface area contributed by atoms with Crippen LogP contribution in [0.5, 0.6) is 0 Å². The van der Waals surface area contributed by atoms with Crippen LogP contribution in [0.1, 0.15) is 569 Å². The summed E-state index contributed by atoms with van der Waals surface area (Å²) in [5.74, 6) is 0. The SMILES string of the molecule is CCCCCCCCCCCCCCCCCCCCCCCCCCCCCc1c(CCCC)cc(C2=C(CCCCC)C(CCCCCCCC)=C(c3cc(CCCC)c(CCCCCCCCCCCCCCCCCCCCCCCCCCCCC)c(CCCC)c3)[N+]2=[N-])cc1CCCC.[Cl][Pd][Cl]. The van der Waals surface area contributed by atoms with E-state index < -0.39 is 0 Å². The van der Waals surface area contributed by atoms with Gasteiger partial charge < -0.3 is 5.53 Å². The fourth-order valence-corrected chi connectivity index (χ4v) is 17.9. The van der Waals surface area contributed by atoms with Crippen LogP contribution >= 0.6 is 19.1 Å². The van der Waals surface area contributed by atoms with Gasteiger partial charge in [0.1, 0.15) is 0 Å². The maximum atomic E-state index is 13.5. The minimum atomic E-state index is -0.106. The summed E-state index contributed by atoms with van der Waals surface area (Å²) in [6.07, 6.45) is 108. The summed E-state index contributed by atoms with van der Waals surface area (Å²) in [6.45, 7) is 18.9. The molecule has 2 aromatic carbocycles. The normalized spacial score (nSPS) is 12.5. The Hall–Kier alpha value is -1.24. The molecular formula is C103H186Cl2N2Pd. The van der Waals surface area contributed by atoms with Crippen LogP contribution in [0.3, 0.4) is 0 Å². The van der Waals surface area contributed by atoms with Crippen LogP contribution in [-0.2, 0) is 54.5 Å². The fraction of sp³-hybridized carbons (Fsp3) is 0.845. The van der Waals surface area contributed by atoms with E-state index in [4.69, 9.17) is 19.1 Å². The zero-order valence-electron chi connectivity index (χ0n) is 74.1. The molecule has 1 aliphatic heterocycles. The summed E-state index contributed by atoms with van der Waals surface area (Å²) in [6, 6.07) is 10.5. The Labute approximate surface area is 694 Å². The van der Waals surface area contributed by atoms with E-state index in [9.17, 15) is 5.53 Å². The van der Waals surface area contributed by atoms with Crippen molar-refractivity contribution in [2.45, 2.75) is 563 Å². The average Bonchev–Trinajstić information content (AvgIpc) is 1.59. The first-order valence-electron chi connectivity index (χ1n) is 49.4. The number of rotatable bonds is 81. The standard InChI is InChI=1S/C103H186N2.2ClH.Pd/c1-9-17-25-28-31-33-35-37-39-41-43-45-47-49-51-53-55-57-59-61-63-65-67-69-71-74-77-84-98-92(80-21-13-5)88-96(89-93(98)81-22-14-6)102-100(86-76-20-12-4)101(87-79-73-30-27-19-11-3)103(105(102)104)97-90-94(82-23-15-7)99(95(91-97)83-24-16-8)85-78-75-72-70-68-66-64-62-60-58-56-54-52-50-48-46-44-42-40-38-36-34-32-29-26-18-10-2;;;/h88-91H,9-87H2,1-8H3;2*1H;/q;;;+2/p-2. The predicted molar refractivity (Wildman–Crippen MR) is 487 cm³/mol. The first-order chi connectivity index (χ1) is 53.3. The molecule has 5 heteroatoms. The second-order valence-corrected chi connectivity index (χ2v) is 37.2. The number of halogens is 2. The molecule has 632 valence electrons. The number of benzene rings is 2. The number of hydrogen-bond acceptors (Lipinski definition) is 0. The molecule has 0 amide bonds. The molecule has 1 aliphatic rings. The molecule has 0 atom stereocenters. The van der Waals surface area contributed by atoms with Crippen molar-refractivity contribution in [1.29, 1.82) is 0 Å². The van der Waals surface area contributed by atoms with Crippen LogP contribution in [0.2, 0.25) is 0 Å². The molecule has 108 heavy (non-hydrogen) atoms. The van der Waals surface area contributed by atoms with Crippen molar-refractivity contribution in [3.63, 3.8) is 0 Å². The summed E-state index contributed by atoms with van der Waals surface area (Å²) >= 11 is -0.106. The van der Waals surface area contributed by atoms with E-state index in [-0.39, 0.29) is 15.9 Å².